The minimum atomic E-state index is 0. The van der Waals surface area contributed by atoms with Crippen molar-refractivity contribution in [2.45, 2.75) is 52.1 Å². The highest BCUT2D eigenvalue weighted by Crippen LogP contribution is 2.24. The summed E-state index contributed by atoms with van der Waals surface area (Å²) in [5.74, 6) is 2.12. The lowest BCUT2D eigenvalue weighted by Gasteiger charge is -2.27. The Morgan fingerprint density at radius 3 is 2.93 bits per heavy atom. The van der Waals surface area contributed by atoms with Gasteiger partial charge in [-0.15, -0.1) is 35.3 Å². The van der Waals surface area contributed by atoms with E-state index >= 15 is 0 Å². The molecule has 0 saturated heterocycles. The number of fused-ring (bicyclic) bond motifs is 1. The van der Waals surface area contributed by atoms with E-state index in [1.54, 1.807) is 11.9 Å². The predicted octanol–water partition coefficient (Wildman–Crippen LogP) is 3.98. The molecule has 2 N–H and O–H groups in total. The minimum absolute atomic E-state index is 0. The van der Waals surface area contributed by atoms with Gasteiger partial charge < -0.3 is 15.2 Å². The largest absolute Gasteiger partial charge is 0.359 e. The number of thiophene rings is 1. The number of aliphatic imine (C=N–C) groups is 1. The summed E-state index contributed by atoms with van der Waals surface area (Å²) in [6, 6.07) is 4.32. The van der Waals surface area contributed by atoms with E-state index in [2.05, 4.69) is 57.0 Å². The number of aromatic nitrogens is 1. The van der Waals surface area contributed by atoms with Gasteiger partial charge in [0.15, 0.2) is 11.7 Å². The van der Waals surface area contributed by atoms with E-state index in [1.807, 2.05) is 11.3 Å². The van der Waals surface area contributed by atoms with Crippen LogP contribution < -0.4 is 10.6 Å². The standard InChI is InChI=1S/C20H31N5OS.HI/c1-4-15(5-2)18-12-17(26-24-18)13-23-20(21-3)22-8-10-25-9-6-19-16(14-25)7-11-27-19;/h7,11-12,15H,4-6,8-10,13-14H2,1-3H3,(H2,21,22,23);1H. The van der Waals surface area contributed by atoms with Gasteiger partial charge in [0.1, 0.15) is 0 Å². The molecule has 3 rings (SSSR count). The Balaban J connectivity index is 0.00000280. The lowest BCUT2D eigenvalue weighted by atomic mass is 9.99. The van der Waals surface area contributed by atoms with Crippen LogP contribution in [0, 0.1) is 0 Å². The van der Waals surface area contributed by atoms with Crippen molar-refractivity contribution in [3.05, 3.63) is 39.4 Å². The molecule has 0 spiro atoms. The molecule has 1 aliphatic rings. The second kappa shape index (κ2) is 11.8. The zero-order chi connectivity index (χ0) is 19.1. The Labute approximate surface area is 189 Å². The average molecular weight is 517 g/mol. The Morgan fingerprint density at radius 1 is 1.36 bits per heavy atom. The summed E-state index contributed by atoms with van der Waals surface area (Å²) in [6.45, 7) is 9.05. The monoisotopic (exact) mass is 517 g/mol. The number of halogens is 1. The molecule has 1 aliphatic heterocycles. The smallest absolute Gasteiger partial charge is 0.191 e. The third kappa shape index (κ3) is 6.18. The highest BCUT2D eigenvalue weighted by molar-refractivity contribution is 14.0. The van der Waals surface area contributed by atoms with E-state index in [0.29, 0.717) is 12.5 Å². The molecule has 0 radical (unpaired) electrons. The van der Waals surface area contributed by atoms with Gasteiger partial charge in [-0.2, -0.15) is 0 Å². The number of nitrogens with zero attached hydrogens (tertiary/aromatic N) is 3. The van der Waals surface area contributed by atoms with E-state index in [0.717, 1.165) is 56.4 Å². The number of hydrogen-bond donors (Lipinski definition) is 2. The van der Waals surface area contributed by atoms with Gasteiger partial charge in [-0.25, -0.2) is 0 Å². The Bertz CT molecular complexity index is 741. The molecule has 156 valence electrons. The molecule has 8 heteroatoms. The molecule has 0 saturated carbocycles. The quantitative estimate of drug-likeness (QED) is 0.315. The van der Waals surface area contributed by atoms with Crippen molar-refractivity contribution in [3.8, 4) is 0 Å². The van der Waals surface area contributed by atoms with Gasteiger partial charge in [-0.3, -0.25) is 9.89 Å². The van der Waals surface area contributed by atoms with Crippen LogP contribution in [0.15, 0.2) is 27.0 Å². The SMILES string of the molecule is CCC(CC)c1cc(CNC(=NC)NCCN2CCc3sccc3C2)on1.I. The molecule has 28 heavy (non-hydrogen) atoms. The van der Waals surface area contributed by atoms with E-state index in [9.17, 15) is 0 Å². The second-order valence-corrected chi connectivity index (χ2v) is 7.98. The van der Waals surface area contributed by atoms with Gasteiger partial charge in [0.05, 0.1) is 12.2 Å². The molecule has 0 atom stereocenters. The van der Waals surface area contributed by atoms with Crippen LogP contribution in [0.25, 0.3) is 0 Å². The van der Waals surface area contributed by atoms with Gasteiger partial charge in [-0.05, 0) is 36.3 Å². The Hall–Kier alpha value is -1.13. The summed E-state index contributed by atoms with van der Waals surface area (Å²) in [4.78, 5) is 8.35. The summed E-state index contributed by atoms with van der Waals surface area (Å²) >= 11 is 1.88. The van der Waals surface area contributed by atoms with Crippen molar-refractivity contribution < 1.29 is 4.52 Å². The Morgan fingerprint density at radius 2 is 2.18 bits per heavy atom. The van der Waals surface area contributed by atoms with E-state index < -0.39 is 0 Å². The molecule has 0 amide bonds. The number of rotatable bonds is 8. The fraction of sp³-hybridized carbons (Fsp3) is 0.600. The lowest BCUT2D eigenvalue weighted by Crippen LogP contribution is -2.42. The van der Waals surface area contributed by atoms with E-state index in [4.69, 9.17) is 4.52 Å². The maximum absolute atomic E-state index is 5.47. The van der Waals surface area contributed by atoms with Crippen LogP contribution in [0.4, 0.5) is 0 Å². The van der Waals surface area contributed by atoms with Gasteiger partial charge in [0.25, 0.3) is 0 Å². The molecular formula is C20H32IN5OS. The van der Waals surface area contributed by atoms with Gasteiger partial charge in [-0.1, -0.05) is 19.0 Å². The third-order valence-electron chi connectivity index (χ3n) is 5.24. The van der Waals surface area contributed by atoms with Gasteiger partial charge in [0.2, 0.25) is 0 Å². The summed E-state index contributed by atoms with van der Waals surface area (Å²) in [6.07, 6.45) is 3.34. The molecule has 2 aromatic heterocycles. The summed E-state index contributed by atoms with van der Waals surface area (Å²) in [5.41, 5.74) is 2.55. The first-order valence-electron chi connectivity index (χ1n) is 9.91. The van der Waals surface area contributed by atoms with Crippen LogP contribution in [-0.4, -0.2) is 42.7 Å². The normalized spacial score (nSPS) is 14.6. The van der Waals surface area contributed by atoms with Crippen LogP contribution in [0.2, 0.25) is 0 Å². The van der Waals surface area contributed by atoms with Gasteiger partial charge in [0, 0.05) is 50.1 Å². The number of nitrogens with one attached hydrogen (secondary N) is 2. The lowest BCUT2D eigenvalue weighted by molar-refractivity contribution is 0.260. The first-order valence-corrected chi connectivity index (χ1v) is 10.8. The minimum Gasteiger partial charge on any atom is -0.359 e. The molecule has 2 aromatic rings. The molecule has 0 fully saturated rings. The predicted molar refractivity (Wildman–Crippen MR) is 127 cm³/mol. The third-order valence-corrected chi connectivity index (χ3v) is 6.26. The van der Waals surface area contributed by atoms with Crippen LogP contribution in [0.3, 0.4) is 0 Å². The molecule has 6 nitrogen and oxygen atoms in total. The van der Waals surface area contributed by atoms with Crippen molar-refractivity contribution in [2.24, 2.45) is 4.99 Å². The fourth-order valence-electron chi connectivity index (χ4n) is 3.53. The highest BCUT2D eigenvalue weighted by Gasteiger charge is 2.17. The van der Waals surface area contributed by atoms with E-state index in [-0.39, 0.29) is 24.0 Å². The fourth-order valence-corrected chi connectivity index (χ4v) is 4.42. The first kappa shape index (κ1) is 23.2. The number of hydrogen-bond acceptors (Lipinski definition) is 5. The zero-order valence-electron chi connectivity index (χ0n) is 17.0. The maximum Gasteiger partial charge on any atom is 0.191 e. The summed E-state index contributed by atoms with van der Waals surface area (Å²) in [7, 11) is 1.80. The van der Waals surface area contributed by atoms with Crippen LogP contribution in [-0.2, 0) is 19.5 Å². The van der Waals surface area contributed by atoms with Gasteiger partial charge >= 0.3 is 0 Å². The van der Waals surface area contributed by atoms with Crippen LogP contribution in [0.5, 0.6) is 0 Å². The summed E-state index contributed by atoms with van der Waals surface area (Å²) < 4.78 is 5.47. The molecule has 0 bridgehead atoms. The van der Waals surface area contributed by atoms with Crippen molar-refractivity contribution in [3.63, 3.8) is 0 Å². The summed E-state index contributed by atoms with van der Waals surface area (Å²) in [5, 5.41) is 13.1. The highest BCUT2D eigenvalue weighted by atomic mass is 127. The Kier molecular flexibility index (Phi) is 9.73. The maximum atomic E-state index is 5.47. The number of guanidine groups is 1. The second-order valence-electron chi connectivity index (χ2n) is 6.98. The van der Waals surface area contributed by atoms with Crippen molar-refractivity contribution in [2.75, 3.05) is 26.7 Å². The van der Waals surface area contributed by atoms with Crippen molar-refractivity contribution >= 4 is 41.3 Å². The van der Waals surface area contributed by atoms with Crippen LogP contribution in [0.1, 0.15) is 54.5 Å². The van der Waals surface area contributed by atoms with E-state index in [1.165, 1.54) is 12.0 Å². The molecule has 3 heterocycles. The van der Waals surface area contributed by atoms with Crippen molar-refractivity contribution in [1.82, 2.24) is 20.7 Å². The first-order chi connectivity index (χ1) is 13.2. The van der Waals surface area contributed by atoms with Crippen molar-refractivity contribution in [1.29, 1.82) is 0 Å². The molecular weight excluding hydrogens is 485 g/mol. The topological polar surface area (TPSA) is 65.7 Å². The molecule has 0 unspecified atom stereocenters. The average Bonchev–Trinajstić information content (AvgIpc) is 3.34. The zero-order valence-corrected chi connectivity index (χ0v) is 20.2. The molecule has 0 aliphatic carbocycles. The molecule has 0 aromatic carbocycles. The van der Waals surface area contributed by atoms with Crippen LogP contribution >= 0.6 is 35.3 Å².